The van der Waals surface area contributed by atoms with Crippen molar-refractivity contribution < 1.29 is 9.53 Å². The fourth-order valence-corrected chi connectivity index (χ4v) is 2.23. The van der Waals surface area contributed by atoms with Gasteiger partial charge < -0.3 is 15.8 Å². The van der Waals surface area contributed by atoms with E-state index in [9.17, 15) is 4.79 Å². The van der Waals surface area contributed by atoms with Gasteiger partial charge in [-0.25, -0.2) is 0 Å². The zero-order valence-corrected chi connectivity index (χ0v) is 9.85. The first-order chi connectivity index (χ1) is 8.22. The maximum absolute atomic E-state index is 12.0. The van der Waals surface area contributed by atoms with Crippen LogP contribution in [0.1, 0.15) is 29.6 Å². The van der Waals surface area contributed by atoms with Gasteiger partial charge >= 0.3 is 0 Å². The van der Waals surface area contributed by atoms with E-state index in [1.165, 1.54) is 6.20 Å². The predicted molar refractivity (Wildman–Crippen MR) is 64.6 cm³/mol. The zero-order valence-electron chi connectivity index (χ0n) is 9.85. The molecule has 0 saturated heterocycles. The molecule has 1 aliphatic rings. The van der Waals surface area contributed by atoms with Crippen molar-refractivity contribution in [3.05, 3.63) is 24.0 Å². The first kappa shape index (κ1) is 11.9. The summed E-state index contributed by atoms with van der Waals surface area (Å²) in [5, 5.41) is 2.97. The fraction of sp³-hybridized carbons (Fsp3) is 0.500. The number of ether oxygens (including phenoxy) is 1. The molecule has 2 atom stereocenters. The van der Waals surface area contributed by atoms with Gasteiger partial charge in [0.2, 0.25) is 0 Å². The van der Waals surface area contributed by atoms with Gasteiger partial charge in [0.1, 0.15) is 0 Å². The normalized spacial score (nSPS) is 23.6. The lowest BCUT2D eigenvalue weighted by atomic mass is 10.1. The number of hydrogen-bond acceptors (Lipinski definition) is 4. The minimum Gasteiger partial charge on any atom is -0.397 e. The topological polar surface area (TPSA) is 77.2 Å². The van der Waals surface area contributed by atoms with Crippen LogP contribution < -0.4 is 11.1 Å². The Balaban J connectivity index is 2.04. The molecule has 0 spiro atoms. The van der Waals surface area contributed by atoms with Gasteiger partial charge in [-0.1, -0.05) is 0 Å². The van der Waals surface area contributed by atoms with Crippen molar-refractivity contribution in [1.29, 1.82) is 0 Å². The van der Waals surface area contributed by atoms with E-state index >= 15 is 0 Å². The van der Waals surface area contributed by atoms with Crippen molar-refractivity contribution in [2.75, 3.05) is 12.8 Å². The average molecular weight is 235 g/mol. The number of pyridine rings is 1. The van der Waals surface area contributed by atoms with E-state index in [1.807, 2.05) is 0 Å². The smallest absolute Gasteiger partial charge is 0.253 e. The summed E-state index contributed by atoms with van der Waals surface area (Å²) in [6.45, 7) is 0. The SMILES string of the molecule is COC1CCCC1NC(=O)c1ccncc1N. The molecule has 1 amide bonds. The van der Waals surface area contributed by atoms with Crippen molar-refractivity contribution in [3.63, 3.8) is 0 Å². The molecule has 1 aliphatic carbocycles. The van der Waals surface area contributed by atoms with Crippen LogP contribution in [0.4, 0.5) is 5.69 Å². The Morgan fingerprint density at radius 3 is 3.12 bits per heavy atom. The molecule has 17 heavy (non-hydrogen) atoms. The maximum Gasteiger partial charge on any atom is 0.253 e. The number of carbonyl (C=O) groups excluding carboxylic acids is 1. The summed E-state index contributed by atoms with van der Waals surface area (Å²) in [5.74, 6) is -0.154. The van der Waals surface area contributed by atoms with Crippen LogP contribution in [0.25, 0.3) is 0 Å². The number of hydrogen-bond donors (Lipinski definition) is 2. The second kappa shape index (κ2) is 5.14. The van der Waals surface area contributed by atoms with Crippen molar-refractivity contribution in [2.45, 2.75) is 31.4 Å². The van der Waals surface area contributed by atoms with E-state index < -0.39 is 0 Å². The highest BCUT2D eigenvalue weighted by molar-refractivity contribution is 5.99. The van der Waals surface area contributed by atoms with Gasteiger partial charge in [-0.05, 0) is 25.3 Å². The summed E-state index contributed by atoms with van der Waals surface area (Å²) in [5.41, 5.74) is 6.58. The van der Waals surface area contributed by atoms with Crippen LogP contribution in [0.2, 0.25) is 0 Å². The lowest BCUT2D eigenvalue weighted by Gasteiger charge is -2.19. The second-order valence-electron chi connectivity index (χ2n) is 4.25. The van der Waals surface area contributed by atoms with Crippen LogP contribution in [0, 0.1) is 0 Å². The summed E-state index contributed by atoms with van der Waals surface area (Å²) in [7, 11) is 1.68. The molecule has 0 radical (unpaired) electrons. The maximum atomic E-state index is 12.0. The lowest BCUT2D eigenvalue weighted by molar-refractivity contribution is 0.0722. The third-order valence-corrected chi connectivity index (χ3v) is 3.17. The molecule has 5 heteroatoms. The Kier molecular flexibility index (Phi) is 3.58. The monoisotopic (exact) mass is 235 g/mol. The summed E-state index contributed by atoms with van der Waals surface area (Å²) >= 11 is 0. The molecule has 92 valence electrons. The van der Waals surface area contributed by atoms with Gasteiger partial charge in [0.25, 0.3) is 5.91 Å². The highest BCUT2D eigenvalue weighted by Crippen LogP contribution is 2.22. The van der Waals surface area contributed by atoms with Gasteiger partial charge in [-0.3, -0.25) is 9.78 Å². The van der Waals surface area contributed by atoms with Gasteiger partial charge in [0, 0.05) is 13.3 Å². The molecule has 3 N–H and O–H groups in total. The number of methoxy groups -OCH3 is 1. The van der Waals surface area contributed by atoms with Crippen molar-refractivity contribution in [3.8, 4) is 0 Å². The molecule has 1 heterocycles. The molecule has 1 aromatic rings. The van der Waals surface area contributed by atoms with Crippen molar-refractivity contribution >= 4 is 11.6 Å². The summed E-state index contributed by atoms with van der Waals surface area (Å²) in [6.07, 6.45) is 6.19. The van der Waals surface area contributed by atoms with Gasteiger partial charge in [-0.15, -0.1) is 0 Å². The van der Waals surface area contributed by atoms with E-state index in [0.717, 1.165) is 19.3 Å². The fourth-order valence-electron chi connectivity index (χ4n) is 2.23. The van der Waals surface area contributed by atoms with E-state index in [2.05, 4.69) is 10.3 Å². The zero-order chi connectivity index (χ0) is 12.3. The number of carbonyl (C=O) groups is 1. The Hall–Kier alpha value is -1.62. The van der Waals surface area contributed by atoms with Crippen LogP contribution >= 0.6 is 0 Å². The average Bonchev–Trinajstić information content (AvgIpc) is 2.76. The number of nitrogens with zero attached hydrogens (tertiary/aromatic N) is 1. The van der Waals surface area contributed by atoms with Crippen molar-refractivity contribution in [2.24, 2.45) is 0 Å². The Bertz CT molecular complexity index is 408. The molecule has 1 aromatic heterocycles. The van der Waals surface area contributed by atoms with Crippen LogP contribution in [-0.4, -0.2) is 30.1 Å². The van der Waals surface area contributed by atoms with Gasteiger partial charge in [-0.2, -0.15) is 0 Å². The second-order valence-corrected chi connectivity index (χ2v) is 4.25. The molecule has 1 fully saturated rings. The quantitative estimate of drug-likeness (QED) is 0.818. The molecule has 0 bridgehead atoms. The minimum atomic E-state index is -0.154. The highest BCUT2D eigenvalue weighted by atomic mass is 16.5. The molecule has 5 nitrogen and oxygen atoms in total. The summed E-state index contributed by atoms with van der Waals surface area (Å²) in [4.78, 5) is 15.9. The third-order valence-electron chi connectivity index (χ3n) is 3.17. The number of nitrogen functional groups attached to an aromatic ring is 1. The number of aromatic nitrogens is 1. The first-order valence-corrected chi connectivity index (χ1v) is 5.75. The predicted octanol–water partition coefficient (Wildman–Crippen LogP) is 0.961. The number of nitrogens with one attached hydrogen (secondary N) is 1. The van der Waals surface area contributed by atoms with Crippen molar-refractivity contribution in [1.82, 2.24) is 10.3 Å². The number of amides is 1. The van der Waals surface area contributed by atoms with E-state index in [1.54, 1.807) is 19.4 Å². The number of rotatable bonds is 3. The molecule has 0 aliphatic heterocycles. The largest absolute Gasteiger partial charge is 0.397 e. The summed E-state index contributed by atoms with van der Waals surface area (Å²) < 4.78 is 5.33. The molecule has 2 rings (SSSR count). The Morgan fingerprint density at radius 2 is 2.41 bits per heavy atom. The van der Waals surface area contributed by atoms with E-state index in [4.69, 9.17) is 10.5 Å². The van der Waals surface area contributed by atoms with Gasteiger partial charge in [0.05, 0.1) is 29.6 Å². The van der Waals surface area contributed by atoms with Gasteiger partial charge in [0.15, 0.2) is 0 Å². The van der Waals surface area contributed by atoms with Crippen LogP contribution in [0.5, 0.6) is 0 Å². The summed E-state index contributed by atoms with van der Waals surface area (Å²) in [6, 6.07) is 1.71. The molecular formula is C12H17N3O2. The molecule has 2 unspecified atom stereocenters. The van der Waals surface area contributed by atoms with Crippen LogP contribution in [0.3, 0.4) is 0 Å². The molecule has 0 aromatic carbocycles. The molecular weight excluding hydrogens is 218 g/mol. The Morgan fingerprint density at radius 1 is 1.59 bits per heavy atom. The number of anilines is 1. The first-order valence-electron chi connectivity index (χ1n) is 5.75. The highest BCUT2D eigenvalue weighted by Gasteiger charge is 2.28. The standard InChI is InChI=1S/C12H17N3O2/c1-17-11-4-2-3-10(11)15-12(16)8-5-6-14-7-9(8)13/h5-7,10-11H,2-4,13H2,1H3,(H,15,16). The van der Waals surface area contributed by atoms with Crippen LogP contribution in [0.15, 0.2) is 18.5 Å². The molecule has 1 saturated carbocycles. The van der Waals surface area contributed by atoms with Crippen LogP contribution in [-0.2, 0) is 4.74 Å². The number of nitrogens with two attached hydrogens (primary N) is 1. The van der Waals surface area contributed by atoms with E-state index in [0.29, 0.717) is 11.3 Å². The third kappa shape index (κ3) is 2.55. The Labute approximate surface area is 100 Å². The van der Waals surface area contributed by atoms with E-state index in [-0.39, 0.29) is 18.1 Å². The lowest BCUT2D eigenvalue weighted by Crippen LogP contribution is -2.40. The minimum absolute atomic E-state index is 0.0834.